The zero-order chi connectivity index (χ0) is 34.7. The molecule has 1 amide bonds. The molecule has 1 aromatic carbocycles. The Bertz CT molecular complexity index is 1770. The molecule has 3 atom stereocenters. The van der Waals surface area contributed by atoms with Crippen LogP contribution in [0.25, 0.3) is 22.2 Å². The number of ether oxygens (including phenoxy) is 3. The largest absolute Gasteiger partial charge is 0.489 e. The van der Waals surface area contributed by atoms with Gasteiger partial charge in [0.15, 0.2) is 5.75 Å². The fourth-order valence-corrected chi connectivity index (χ4v) is 7.70. The first kappa shape index (κ1) is 33.8. The van der Waals surface area contributed by atoms with E-state index in [0.29, 0.717) is 69.9 Å². The number of likely N-dealkylation sites (N-methyl/N-ethyl adjacent to an activating group) is 1. The molecule has 12 nitrogen and oxygen atoms in total. The number of likely N-dealkylation sites (tertiary alicyclic amines) is 1. The first-order valence-corrected chi connectivity index (χ1v) is 16.9. The maximum atomic E-state index is 14.4. The average molecular weight is 705 g/mol. The fraction of sp³-hybridized carbons (Fsp3) is 0.576. The first-order valence-electron chi connectivity index (χ1n) is 16.6. The molecule has 0 radical (unpaired) electrons. The van der Waals surface area contributed by atoms with Crippen LogP contribution in [0.1, 0.15) is 43.2 Å². The van der Waals surface area contributed by atoms with Crippen LogP contribution >= 0.6 is 11.6 Å². The molecule has 3 fully saturated rings. The molecule has 4 N–H and O–H groups in total. The second kappa shape index (κ2) is 12.9. The molecule has 3 saturated heterocycles. The number of alkyl halides is 3. The molecule has 4 aliphatic heterocycles. The van der Waals surface area contributed by atoms with Crippen LogP contribution in [-0.4, -0.2) is 108 Å². The van der Waals surface area contributed by atoms with Crippen molar-refractivity contribution in [2.75, 3.05) is 70.3 Å². The summed E-state index contributed by atoms with van der Waals surface area (Å²) in [7, 11) is 2.03. The van der Waals surface area contributed by atoms with Crippen LogP contribution in [0.5, 0.6) is 11.8 Å². The Kier molecular flexibility index (Phi) is 8.91. The van der Waals surface area contributed by atoms with Gasteiger partial charge in [0.2, 0.25) is 5.91 Å². The third-order valence-electron chi connectivity index (χ3n) is 10.2. The zero-order valence-corrected chi connectivity index (χ0v) is 28.2. The molecule has 4 aliphatic rings. The van der Waals surface area contributed by atoms with E-state index in [1.807, 2.05) is 11.9 Å². The molecule has 0 spiro atoms. The summed E-state index contributed by atoms with van der Waals surface area (Å²) < 4.78 is 61.3. The summed E-state index contributed by atoms with van der Waals surface area (Å²) in [5, 5.41) is 0.378. The van der Waals surface area contributed by atoms with E-state index in [2.05, 4.69) is 14.9 Å². The number of fused-ring (bicyclic) bond motifs is 2. The van der Waals surface area contributed by atoms with E-state index in [1.165, 1.54) is 19.1 Å². The van der Waals surface area contributed by atoms with Gasteiger partial charge in [-0.2, -0.15) is 23.1 Å². The van der Waals surface area contributed by atoms with Crippen molar-refractivity contribution in [3.05, 3.63) is 28.3 Å². The number of aromatic nitrogens is 3. The Morgan fingerprint density at radius 1 is 1.20 bits per heavy atom. The summed E-state index contributed by atoms with van der Waals surface area (Å²) in [5.74, 6) is 0.521. The van der Waals surface area contributed by atoms with E-state index >= 15 is 0 Å². The van der Waals surface area contributed by atoms with E-state index in [4.69, 9.17) is 42.3 Å². The highest BCUT2D eigenvalue weighted by atomic mass is 35.5. The Morgan fingerprint density at radius 3 is 2.73 bits per heavy atom. The average Bonchev–Trinajstić information content (AvgIpc) is 3.63. The SMILES string of the molecule is Cc1cc(N)nc(-c2cc3nc(OC[C@@H]4CCCN4C)nc4c3c(c2Cl)OC[C@@H]2CN(C(=O)CCC3(N)CCOC3)CCN42)c1C(F)(F)F. The summed E-state index contributed by atoms with van der Waals surface area (Å²) >= 11 is 6.95. The maximum Gasteiger partial charge on any atom is 0.418 e. The molecule has 2 aromatic heterocycles. The van der Waals surface area contributed by atoms with Crippen LogP contribution in [0.3, 0.4) is 0 Å². The minimum absolute atomic E-state index is 0.0150. The second-order valence-electron chi connectivity index (χ2n) is 13.6. The highest BCUT2D eigenvalue weighted by Crippen LogP contribution is 2.49. The van der Waals surface area contributed by atoms with Crippen molar-refractivity contribution >= 4 is 40.0 Å². The first-order chi connectivity index (χ1) is 23.3. The lowest BCUT2D eigenvalue weighted by atomic mass is 9.93. The lowest BCUT2D eigenvalue weighted by Crippen LogP contribution is -2.57. The van der Waals surface area contributed by atoms with Crippen molar-refractivity contribution in [1.29, 1.82) is 0 Å². The summed E-state index contributed by atoms with van der Waals surface area (Å²) in [6.07, 6.45) is -1.19. The molecule has 6 heterocycles. The van der Waals surface area contributed by atoms with Gasteiger partial charge in [-0.05, 0) is 63.9 Å². The van der Waals surface area contributed by atoms with Gasteiger partial charge < -0.3 is 40.4 Å². The van der Waals surface area contributed by atoms with Gasteiger partial charge in [-0.15, -0.1) is 0 Å². The molecule has 1 unspecified atom stereocenters. The molecule has 3 aromatic rings. The predicted molar refractivity (Wildman–Crippen MR) is 178 cm³/mol. The van der Waals surface area contributed by atoms with Crippen LogP contribution in [0.4, 0.5) is 24.8 Å². The normalized spacial score (nSPS) is 24.2. The van der Waals surface area contributed by atoms with Gasteiger partial charge in [-0.3, -0.25) is 4.79 Å². The van der Waals surface area contributed by atoms with Crippen molar-refractivity contribution in [3.63, 3.8) is 0 Å². The van der Waals surface area contributed by atoms with Crippen LogP contribution < -0.4 is 25.8 Å². The quantitative estimate of drug-likeness (QED) is 0.368. The summed E-state index contributed by atoms with van der Waals surface area (Å²) in [6.45, 7) is 4.96. The number of hydrogen-bond donors (Lipinski definition) is 2. The number of rotatable bonds is 7. The maximum absolute atomic E-state index is 14.4. The van der Waals surface area contributed by atoms with E-state index in [-0.39, 0.29) is 63.8 Å². The lowest BCUT2D eigenvalue weighted by Gasteiger charge is -2.41. The third kappa shape index (κ3) is 6.53. The van der Waals surface area contributed by atoms with Gasteiger partial charge in [0.25, 0.3) is 0 Å². The number of nitrogen functional groups attached to an aromatic ring is 1. The topological polar surface area (TPSA) is 145 Å². The number of amides is 1. The fourth-order valence-electron chi connectivity index (χ4n) is 7.41. The number of benzene rings is 1. The number of pyridine rings is 1. The number of carbonyl (C=O) groups excluding carboxylic acids is 1. The minimum Gasteiger partial charge on any atom is -0.489 e. The molecule has 264 valence electrons. The summed E-state index contributed by atoms with van der Waals surface area (Å²) in [4.78, 5) is 33.1. The van der Waals surface area contributed by atoms with Gasteiger partial charge in [0.1, 0.15) is 24.8 Å². The molecule has 49 heavy (non-hydrogen) atoms. The van der Waals surface area contributed by atoms with Crippen LogP contribution in [0.15, 0.2) is 12.1 Å². The Hall–Kier alpha value is -3.66. The number of hydrogen-bond acceptors (Lipinski definition) is 11. The Labute approximate surface area is 286 Å². The highest BCUT2D eigenvalue weighted by molar-refractivity contribution is 6.36. The Balaban J connectivity index is 1.27. The van der Waals surface area contributed by atoms with Gasteiger partial charge in [-0.25, -0.2) is 4.98 Å². The number of aryl methyl sites for hydroxylation is 1. The number of nitrogens with two attached hydrogens (primary N) is 2. The molecule has 16 heteroatoms. The van der Waals surface area contributed by atoms with Crippen molar-refractivity contribution in [2.24, 2.45) is 5.73 Å². The second-order valence-corrected chi connectivity index (χ2v) is 14.0. The van der Waals surface area contributed by atoms with Gasteiger partial charge in [0, 0.05) is 49.8 Å². The number of piperazine rings is 1. The van der Waals surface area contributed by atoms with Gasteiger partial charge in [-0.1, -0.05) is 11.6 Å². The van der Waals surface area contributed by atoms with Gasteiger partial charge in [0.05, 0.1) is 39.8 Å². The highest BCUT2D eigenvalue weighted by Gasteiger charge is 2.40. The monoisotopic (exact) mass is 704 g/mol. The number of anilines is 2. The molecular formula is C33H40ClF3N8O4. The lowest BCUT2D eigenvalue weighted by molar-refractivity contribution is -0.137. The summed E-state index contributed by atoms with van der Waals surface area (Å²) in [5.41, 5.74) is 10.7. The third-order valence-corrected chi connectivity index (χ3v) is 10.6. The van der Waals surface area contributed by atoms with E-state index < -0.39 is 23.0 Å². The minimum atomic E-state index is -4.74. The Morgan fingerprint density at radius 2 is 2.02 bits per heavy atom. The molecule has 0 bridgehead atoms. The molecular weight excluding hydrogens is 665 g/mol. The smallest absolute Gasteiger partial charge is 0.418 e. The van der Waals surface area contributed by atoms with E-state index in [0.717, 1.165) is 19.4 Å². The van der Waals surface area contributed by atoms with Gasteiger partial charge >= 0.3 is 12.2 Å². The van der Waals surface area contributed by atoms with Crippen LogP contribution in [-0.2, 0) is 15.7 Å². The van der Waals surface area contributed by atoms with Crippen molar-refractivity contribution < 1.29 is 32.2 Å². The zero-order valence-electron chi connectivity index (χ0n) is 27.5. The van der Waals surface area contributed by atoms with Crippen LogP contribution in [0, 0.1) is 6.92 Å². The number of halogens is 4. The van der Waals surface area contributed by atoms with Crippen molar-refractivity contribution in [3.8, 4) is 23.0 Å². The van der Waals surface area contributed by atoms with Crippen LogP contribution in [0.2, 0.25) is 5.02 Å². The predicted octanol–water partition coefficient (Wildman–Crippen LogP) is 4.04. The number of carbonyl (C=O) groups is 1. The number of nitrogens with zero attached hydrogens (tertiary/aromatic N) is 6. The van der Waals surface area contributed by atoms with E-state index in [1.54, 1.807) is 4.90 Å². The molecule has 0 saturated carbocycles. The van der Waals surface area contributed by atoms with Crippen molar-refractivity contribution in [2.45, 2.75) is 62.8 Å². The molecule has 7 rings (SSSR count). The standard InChI is InChI=1S/C33H40ClF3N8O4/c1-18-12-23(38)41-28(26(18)33(35,36)37)21-13-22-25-29(27(21)34)48-16-20-14-44(24(46)5-6-32(39)7-11-47-17-32)9-10-45(20)30(25)42-31(40-22)49-15-19-4-3-8-43(19)2/h12-13,19-20H,3-11,14-17,39H2,1-2H3,(H2,38,41)/t19-,20-,32?/m0/s1. The summed E-state index contributed by atoms with van der Waals surface area (Å²) in [6, 6.07) is 2.57. The van der Waals surface area contributed by atoms with E-state index in [9.17, 15) is 18.0 Å². The van der Waals surface area contributed by atoms with Crippen molar-refractivity contribution in [1.82, 2.24) is 24.8 Å². The molecule has 0 aliphatic carbocycles.